The molecule has 0 spiro atoms. The number of nitrogen functional groups attached to an aromatic ring is 1. The molecule has 1 aromatic heterocycles. The molecular formula is C15H17N5O2S2. The Kier molecular flexibility index (Phi) is 4.22. The summed E-state index contributed by atoms with van der Waals surface area (Å²) in [6, 6.07) is 7.28. The Morgan fingerprint density at radius 2 is 2.08 bits per heavy atom. The van der Waals surface area contributed by atoms with Gasteiger partial charge in [-0.15, -0.1) is 10.2 Å². The zero-order valence-corrected chi connectivity index (χ0v) is 15.1. The molecule has 126 valence electrons. The Bertz CT molecular complexity index is 805. The van der Waals surface area contributed by atoms with Gasteiger partial charge < -0.3 is 11.1 Å². The van der Waals surface area contributed by atoms with Gasteiger partial charge in [-0.25, -0.2) is 0 Å². The maximum absolute atomic E-state index is 13.1. The van der Waals surface area contributed by atoms with E-state index in [0.29, 0.717) is 20.8 Å². The molecule has 0 saturated heterocycles. The number of carbonyl (C=O) groups excluding carboxylic acids is 2. The lowest BCUT2D eigenvalue weighted by molar-refractivity contribution is -0.126. The van der Waals surface area contributed by atoms with Crippen molar-refractivity contribution >= 4 is 51.4 Å². The highest BCUT2D eigenvalue weighted by molar-refractivity contribution is 8.02. The molecule has 7 nitrogen and oxygen atoms in total. The molecule has 1 aromatic carbocycles. The minimum atomic E-state index is -0.986. The summed E-state index contributed by atoms with van der Waals surface area (Å²) in [5.74, 6) is -0.381. The number of carbonyl (C=O) groups is 2. The van der Waals surface area contributed by atoms with Gasteiger partial charge >= 0.3 is 0 Å². The van der Waals surface area contributed by atoms with E-state index in [1.54, 1.807) is 31.7 Å². The average Bonchev–Trinajstić information content (AvgIpc) is 2.93. The molecule has 1 aliphatic rings. The van der Waals surface area contributed by atoms with E-state index in [0.717, 1.165) is 0 Å². The number of aromatic nitrogens is 2. The highest BCUT2D eigenvalue weighted by atomic mass is 32.2. The molecule has 24 heavy (non-hydrogen) atoms. The van der Waals surface area contributed by atoms with Crippen molar-refractivity contribution in [3.8, 4) is 0 Å². The Morgan fingerprint density at radius 1 is 1.38 bits per heavy atom. The van der Waals surface area contributed by atoms with Crippen LogP contribution in [0, 0.1) is 0 Å². The van der Waals surface area contributed by atoms with E-state index in [2.05, 4.69) is 15.5 Å². The maximum atomic E-state index is 13.1. The third-order valence-corrected chi connectivity index (χ3v) is 5.70. The number of hydrogen-bond donors (Lipinski definition) is 2. The van der Waals surface area contributed by atoms with Gasteiger partial charge in [0.1, 0.15) is 5.54 Å². The number of nitrogens with two attached hydrogens (primary N) is 1. The number of anilines is 3. The van der Waals surface area contributed by atoms with Crippen LogP contribution in [-0.4, -0.2) is 32.8 Å². The van der Waals surface area contributed by atoms with Crippen molar-refractivity contribution in [3.63, 3.8) is 0 Å². The molecule has 1 atom stereocenters. The van der Waals surface area contributed by atoms with E-state index in [1.165, 1.54) is 23.1 Å². The summed E-state index contributed by atoms with van der Waals surface area (Å²) in [4.78, 5) is 27.1. The normalized spacial score (nSPS) is 17.1. The summed E-state index contributed by atoms with van der Waals surface area (Å²) in [6.45, 7) is 5.25. The van der Waals surface area contributed by atoms with Crippen molar-refractivity contribution in [2.75, 3.05) is 16.0 Å². The SMILES string of the molecule is C[C@@H](Sc1nnc(N)s1)C(=O)N1c2ccccc2NC(=O)C1(C)C. The summed E-state index contributed by atoms with van der Waals surface area (Å²) in [5.41, 5.74) is 5.92. The van der Waals surface area contributed by atoms with Gasteiger partial charge in [0.05, 0.1) is 16.6 Å². The quantitative estimate of drug-likeness (QED) is 0.812. The van der Waals surface area contributed by atoms with Gasteiger partial charge in [-0.05, 0) is 32.9 Å². The predicted octanol–water partition coefficient (Wildman–Crippen LogP) is 2.36. The lowest BCUT2D eigenvalue weighted by Gasteiger charge is -2.42. The molecule has 2 aromatic rings. The second-order valence-electron chi connectivity index (χ2n) is 5.87. The maximum Gasteiger partial charge on any atom is 0.250 e. The largest absolute Gasteiger partial charge is 0.374 e. The smallest absolute Gasteiger partial charge is 0.250 e. The predicted molar refractivity (Wildman–Crippen MR) is 96.3 cm³/mol. The van der Waals surface area contributed by atoms with Crippen LogP contribution >= 0.6 is 23.1 Å². The zero-order valence-electron chi connectivity index (χ0n) is 13.4. The van der Waals surface area contributed by atoms with Gasteiger partial charge in [0, 0.05) is 0 Å². The van der Waals surface area contributed by atoms with Crippen molar-refractivity contribution in [3.05, 3.63) is 24.3 Å². The summed E-state index contributed by atoms with van der Waals surface area (Å²) in [6.07, 6.45) is 0. The molecule has 0 fully saturated rings. The number of fused-ring (bicyclic) bond motifs is 1. The molecule has 1 aliphatic heterocycles. The standard InChI is InChI=1S/C15H17N5O2S2/c1-8(23-14-19-18-13(16)24-14)11(21)20-10-7-5-4-6-9(10)17-12(22)15(20,2)3/h4-8H,1-3H3,(H2,16,18)(H,17,22)/t8-/m1/s1. The molecule has 0 radical (unpaired) electrons. The molecular weight excluding hydrogens is 346 g/mol. The van der Waals surface area contributed by atoms with Gasteiger partial charge in [-0.3, -0.25) is 14.5 Å². The second-order valence-corrected chi connectivity index (χ2v) is 8.47. The number of rotatable bonds is 3. The van der Waals surface area contributed by atoms with Gasteiger partial charge in [0.25, 0.3) is 0 Å². The van der Waals surface area contributed by atoms with Crippen LogP contribution in [0.25, 0.3) is 0 Å². The van der Waals surface area contributed by atoms with Crippen molar-refractivity contribution < 1.29 is 9.59 Å². The first-order valence-electron chi connectivity index (χ1n) is 7.31. The first-order valence-corrected chi connectivity index (χ1v) is 9.00. The third-order valence-electron chi connectivity index (χ3n) is 3.78. The number of benzene rings is 1. The number of hydrogen-bond acceptors (Lipinski definition) is 7. The molecule has 3 rings (SSSR count). The summed E-state index contributed by atoms with van der Waals surface area (Å²) >= 11 is 2.52. The van der Waals surface area contributed by atoms with Crippen molar-refractivity contribution in [1.29, 1.82) is 0 Å². The first kappa shape index (κ1) is 16.7. The van der Waals surface area contributed by atoms with E-state index in [-0.39, 0.29) is 11.8 Å². The monoisotopic (exact) mass is 363 g/mol. The van der Waals surface area contributed by atoms with Crippen LogP contribution in [-0.2, 0) is 9.59 Å². The molecule has 0 unspecified atom stereocenters. The van der Waals surface area contributed by atoms with Gasteiger partial charge in [0.15, 0.2) is 4.34 Å². The molecule has 0 saturated carbocycles. The molecule has 3 N–H and O–H groups in total. The van der Waals surface area contributed by atoms with Crippen LogP contribution in [0.15, 0.2) is 28.6 Å². The fourth-order valence-electron chi connectivity index (χ4n) is 2.50. The van der Waals surface area contributed by atoms with Crippen LogP contribution in [0.1, 0.15) is 20.8 Å². The summed E-state index contributed by atoms with van der Waals surface area (Å²) < 4.78 is 0.626. The Balaban J connectivity index is 1.93. The Hall–Kier alpha value is -2.13. The van der Waals surface area contributed by atoms with Crippen molar-refractivity contribution in [1.82, 2.24) is 10.2 Å². The minimum Gasteiger partial charge on any atom is -0.374 e. The lowest BCUT2D eigenvalue weighted by Crippen LogP contribution is -2.60. The number of para-hydroxylation sites is 2. The van der Waals surface area contributed by atoms with E-state index < -0.39 is 10.8 Å². The van der Waals surface area contributed by atoms with Gasteiger partial charge in [-0.1, -0.05) is 35.2 Å². The van der Waals surface area contributed by atoms with E-state index in [1.807, 2.05) is 18.2 Å². The number of amides is 2. The van der Waals surface area contributed by atoms with Gasteiger partial charge in [-0.2, -0.15) is 0 Å². The topological polar surface area (TPSA) is 101 Å². The number of nitrogens with one attached hydrogen (secondary N) is 1. The summed E-state index contributed by atoms with van der Waals surface area (Å²) in [5, 5.41) is 10.5. The highest BCUT2D eigenvalue weighted by Gasteiger charge is 2.44. The Labute approximate surface area is 147 Å². The average molecular weight is 363 g/mol. The molecule has 9 heteroatoms. The Morgan fingerprint density at radius 3 is 2.75 bits per heavy atom. The van der Waals surface area contributed by atoms with E-state index in [4.69, 9.17) is 5.73 Å². The van der Waals surface area contributed by atoms with Crippen molar-refractivity contribution in [2.24, 2.45) is 0 Å². The third kappa shape index (κ3) is 2.84. The molecule has 0 aliphatic carbocycles. The summed E-state index contributed by atoms with van der Waals surface area (Å²) in [7, 11) is 0. The number of nitrogens with zero attached hydrogens (tertiary/aromatic N) is 3. The highest BCUT2D eigenvalue weighted by Crippen LogP contribution is 2.39. The fourth-order valence-corrected chi connectivity index (χ4v) is 4.32. The van der Waals surface area contributed by atoms with Crippen LogP contribution in [0.5, 0.6) is 0 Å². The van der Waals surface area contributed by atoms with Crippen LogP contribution in [0.2, 0.25) is 0 Å². The molecule has 2 heterocycles. The first-order chi connectivity index (χ1) is 11.3. The van der Waals surface area contributed by atoms with Crippen LogP contribution in [0.4, 0.5) is 16.5 Å². The van der Waals surface area contributed by atoms with Crippen molar-refractivity contribution in [2.45, 2.75) is 35.9 Å². The lowest BCUT2D eigenvalue weighted by atomic mass is 9.96. The molecule has 0 bridgehead atoms. The van der Waals surface area contributed by atoms with E-state index >= 15 is 0 Å². The second kappa shape index (κ2) is 6.06. The van der Waals surface area contributed by atoms with Crippen LogP contribution < -0.4 is 16.0 Å². The van der Waals surface area contributed by atoms with E-state index in [9.17, 15) is 9.59 Å². The molecule has 2 amide bonds. The zero-order chi connectivity index (χ0) is 17.5. The fraction of sp³-hybridized carbons (Fsp3) is 0.333. The minimum absolute atomic E-state index is 0.166. The van der Waals surface area contributed by atoms with Gasteiger partial charge in [0.2, 0.25) is 16.9 Å². The van der Waals surface area contributed by atoms with Crippen LogP contribution in [0.3, 0.4) is 0 Å². The number of thioether (sulfide) groups is 1.